The maximum Gasteiger partial charge on any atom is 0.346 e. The predicted octanol–water partition coefficient (Wildman–Crippen LogP) is 1.37. The fourth-order valence-corrected chi connectivity index (χ4v) is 2.71. The lowest BCUT2D eigenvalue weighted by atomic mass is 9.87. The number of hydrogen-bond donors (Lipinski definition) is 0. The van der Waals surface area contributed by atoms with Gasteiger partial charge in [0.25, 0.3) is 0 Å². The maximum atomic E-state index is 11.6. The van der Waals surface area contributed by atoms with Crippen LogP contribution in [0.3, 0.4) is 0 Å². The molecule has 2 bridgehead atoms. The first-order chi connectivity index (χ1) is 7.28. The number of nitrogens with zero attached hydrogens (tertiary/aromatic N) is 1. The number of alkyl halides is 1. The van der Waals surface area contributed by atoms with Gasteiger partial charge in [-0.05, 0) is 22.9 Å². The highest BCUT2D eigenvalue weighted by atomic mass is 79.9. The SMILES string of the molecule is CC(=O)O[C@@H]1C[C@]2(Br)N=C(Cl)[C@@]1(C)OC2=O. The topological polar surface area (TPSA) is 65.0 Å². The second kappa shape index (κ2) is 3.43. The molecule has 16 heavy (non-hydrogen) atoms. The third-order valence-corrected chi connectivity index (χ3v) is 3.97. The Kier molecular flexibility index (Phi) is 2.54. The van der Waals surface area contributed by atoms with Crippen molar-refractivity contribution in [3.63, 3.8) is 0 Å². The lowest BCUT2D eigenvalue weighted by Crippen LogP contribution is -2.64. The summed E-state index contributed by atoms with van der Waals surface area (Å²) >= 11 is 9.09. The maximum absolute atomic E-state index is 11.6. The molecule has 88 valence electrons. The second-order valence-electron chi connectivity index (χ2n) is 3.96. The molecular formula is C9H9BrClNO4. The van der Waals surface area contributed by atoms with Crippen molar-refractivity contribution in [1.29, 1.82) is 0 Å². The largest absolute Gasteiger partial charge is 0.458 e. The molecule has 0 aromatic carbocycles. The molecular weight excluding hydrogens is 301 g/mol. The summed E-state index contributed by atoms with van der Waals surface area (Å²) in [6, 6.07) is 0. The van der Waals surface area contributed by atoms with Crippen molar-refractivity contribution < 1.29 is 19.1 Å². The normalized spacial score (nSPS) is 41.4. The summed E-state index contributed by atoms with van der Waals surface area (Å²) in [6.45, 7) is 2.87. The van der Waals surface area contributed by atoms with Gasteiger partial charge in [0, 0.05) is 13.3 Å². The van der Waals surface area contributed by atoms with Crippen LogP contribution < -0.4 is 0 Å². The summed E-state index contributed by atoms with van der Waals surface area (Å²) in [5, 5.41) is 0.126. The molecule has 3 heterocycles. The summed E-state index contributed by atoms with van der Waals surface area (Å²) in [5.41, 5.74) is -1.17. The zero-order valence-corrected chi connectivity index (χ0v) is 11.0. The van der Waals surface area contributed by atoms with Crippen LogP contribution in [0.4, 0.5) is 0 Å². The first-order valence-corrected chi connectivity index (χ1v) is 5.80. The smallest absolute Gasteiger partial charge is 0.346 e. The van der Waals surface area contributed by atoms with E-state index in [2.05, 4.69) is 20.9 Å². The molecule has 0 aromatic rings. The molecule has 0 N–H and O–H groups in total. The minimum Gasteiger partial charge on any atom is -0.458 e. The van der Waals surface area contributed by atoms with E-state index in [1.165, 1.54) is 6.92 Å². The molecule has 0 radical (unpaired) electrons. The van der Waals surface area contributed by atoms with Crippen LogP contribution in [0.5, 0.6) is 0 Å². The Hall–Kier alpha value is -0.620. The molecule has 0 aromatic heterocycles. The first-order valence-electron chi connectivity index (χ1n) is 4.63. The first kappa shape index (κ1) is 11.9. The lowest BCUT2D eigenvalue weighted by Gasteiger charge is -2.47. The van der Waals surface area contributed by atoms with Gasteiger partial charge in [-0.25, -0.2) is 9.79 Å². The Bertz CT molecular complexity index is 412. The van der Waals surface area contributed by atoms with E-state index in [0.29, 0.717) is 0 Å². The molecule has 5 nitrogen and oxygen atoms in total. The van der Waals surface area contributed by atoms with E-state index < -0.39 is 28.1 Å². The van der Waals surface area contributed by atoms with Gasteiger partial charge in [0.1, 0.15) is 5.17 Å². The van der Waals surface area contributed by atoms with Crippen molar-refractivity contribution in [2.24, 2.45) is 4.99 Å². The van der Waals surface area contributed by atoms with Gasteiger partial charge in [0.2, 0.25) is 4.45 Å². The zero-order chi connectivity index (χ0) is 12.1. The fraction of sp³-hybridized carbons (Fsp3) is 0.667. The highest BCUT2D eigenvalue weighted by Gasteiger charge is 2.62. The number of rotatable bonds is 1. The van der Waals surface area contributed by atoms with Crippen molar-refractivity contribution in [3.05, 3.63) is 0 Å². The molecule has 1 saturated heterocycles. The van der Waals surface area contributed by atoms with Crippen LogP contribution in [0, 0.1) is 0 Å². The molecule has 1 fully saturated rings. The van der Waals surface area contributed by atoms with Crippen LogP contribution in [0.2, 0.25) is 0 Å². The van der Waals surface area contributed by atoms with Crippen LogP contribution in [0.1, 0.15) is 20.3 Å². The molecule has 0 aliphatic carbocycles. The van der Waals surface area contributed by atoms with E-state index in [1.54, 1.807) is 6.92 Å². The molecule has 0 amide bonds. The molecule has 3 atom stereocenters. The van der Waals surface area contributed by atoms with Crippen molar-refractivity contribution in [3.8, 4) is 0 Å². The molecule has 3 aliphatic rings. The standard InChI is InChI=1S/C9H9BrClNO4/c1-4(13)15-5-3-9(10)7(14)16-8(5,2)6(11)12-9/h5H,3H2,1-2H3/t5-,8+,9+/m1/s1. The Morgan fingerprint density at radius 2 is 2.38 bits per heavy atom. The van der Waals surface area contributed by atoms with Gasteiger partial charge in [-0.15, -0.1) is 0 Å². The lowest BCUT2D eigenvalue weighted by molar-refractivity contribution is -0.189. The minimum absolute atomic E-state index is 0.126. The minimum atomic E-state index is -1.22. The van der Waals surface area contributed by atoms with E-state index >= 15 is 0 Å². The monoisotopic (exact) mass is 309 g/mol. The van der Waals surface area contributed by atoms with E-state index in [1.807, 2.05) is 0 Å². The van der Waals surface area contributed by atoms with Crippen LogP contribution in [0.25, 0.3) is 0 Å². The molecule has 0 unspecified atom stereocenters. The van der Waals surface area contributed by atoms with E-state index in [0.717, 1.165) is 0 Å². The Balaban J connectivity index is 2.40. The number of carbonyl (C=O) groups excluding carboxylic acids is 2. The number of hydrogen-bond acceptors (Lipinski definition) is 5. The number of aliphatic imine (C=N–C) groups is 1. The van der Waals surface area contributed by atoms with Crippen LogP contribution in [0.15, 0.2) is 4.99 Å². The molecule has 7 heteroatoms. The van der Waals surface area contributed by atoms with Gasteiger partial charge in [0.05, 0.1) is 0 Å². The Labute approximate surface area is 105 Å². The van der Waals surface area contributed by atoms with Gasteiger partial charge in [-0.2, -0.15) is 0 Å². The zero-order valence-electron chi connectivity index (χ0n) is 8.62. The molecule has 0 saturated carbocycles. The van der Waals surface area contributed by atoms with Crippen LogP contribution >= 0.6 is 27.5 Å². The van der Waals surface area contributed by atoms with E-state index in [4.69, 9.17) is 21.1 Å². The third kappa shape index (κ3) is 1.55. The van der Waals surface area contributed by atoms with Gasteiger partial charge >= 0.3 is 11.9 Å². The van der Waals surface area contributed by atoms with Gasteiger partial charge in [-0.3, -0.25) is 4.79 Å². The summed E-state index contributed by atoms with van der Waals surface area (Å²) in [6.07, 6.45) is -0.398. The summed E-state index contributed by atoms with van der Waals surface area (Å²) in [4.78, 5) is 26.6. The third-order valence-electron chi connectivity index (χ3n) is 2.68. The second-order valence-corrected chi connectivity index (χ2v) is 5.63. The van der Waals surface area contributed by atoms with Gasteiger partial charge in [0.15, 0.2) is 11.7 Å². The number of ether oxygens (including phenoxy) is 2. The van der Waals surface area contributed by atoms with Gasteiger partial charge < -0.3 is 9.47 Å². The number of fused-ring (bicyclic) bond motifs is 2. The van der Waals surface area contributed by atoms with E-state index in [9.17, 15) is 9.59 Å². The highest BCUT2D eigenvalue weighted by Crippen LogP contribution is 2.46. The van der Waals surface area contributed by atoms with Crippen molar-refractivity contribution in [2.45, 2.75) is 36.4 Å². The van der Waals surface area contributed by atoms with Crippen molar-refractivity contribution in [1.82, 2.24) is 0 Å². The number of halogens is 2. The quantitative estimate of drug-likeness (QED) is 0.417. The van der Waals surface area contributed by atoms with E-state index in [-0.39, 0.29) is 11.6 Å². The average Bonchev–Trinajstić information content (AvgIpc) is 2.11. The summed E-state index contributed by atoms with van der Waals surface area (Å²) in [7, 11) is 0. The van der Waals surface area contributed by atoms with Crippen molar-refractivity contribution >= 4 is 44.6 Å². The van der Waals surface area contributed by atoms with Crippen LogP contribution in [-0.2, 0) is 19.1 Å². The average molecular weight is 311 g/mol. The van der Waals surface area contributed by atoms with Gasteiger partial charge in [-0.1, -0.05) is 11.6 Å². The molecule has 3 aliphatic heterocycles. The van der Waals surface area contributed by atoms with Crippen molar-refractivity contribution in [2.75, 3.05) is 0 Å². The summed E-state index contributed by atoms with van der Waals surface area (Å²) < 4.78 is 9.06. The van der Waals surface area contributed by atoms with Crippen LogP contribution in [-0.4, -0.2) is 33.3 Å². The molecule has 3 rings (SSSR count). The Morgan fingerprint density at radius 3 is 2.94 bits per heavy atom. The fourth-order valence-electron chi connectivity index (χ4n) is 1.75. The Morgan fingerprint density at radius 1 is 1.75 bits per heavy atom. The predicted molar refractivity (Wildman–Crippen MR) is 59.6 cm³/mol. The summed E-state index contributed by atoms with van der Waals surface area (Å²) in [5.74, 6) is -0.960. The highest BCUT2D eigenvalue weighted by molar-refractivity contribution is 9.10. The number of esters is 2. The molecule has 0 spiro atoms. The number of carbonyl (C=O) groups is 2.